The monoisotopic (exact) mass is 229 g/mol. The van der Waals surface area contributed by atoms with Gasteiger partial charge in [-0.2, -0.15) is 0 Å². The van der Waals surface area contributed by atoms with Gasteiger partial charge in [-0.15, -0.1) is 0 Å². The fraction of sp³-hybridized carbons (Fsp3) is 0.300. The Morgan fingerprint density at radius 1 is 1.67 bits per heavy atom. The number of rotatable bonds is 3. The van der Waals surface area contributed by atoms with Gasteiger partial charge in [-0.1, -0.05) is 11.6 Å². The lowest BCUT2D eigenvalue weighted by molar-refractivity contribution is 0.100. The molecule has 15 heavy (non-hydrogen) atoms. The molecule has 1 aromatic carbocycles. The van der Waals surface area contributed by atoms with Crippen LogP contribution in [0.1, 0.15) is 15.9 Å². The van der Waals surface area contributed by atoms with Crippen LogP contribution in [0, 0.1) is 6.92 Å². The number of hydrogen-bond acceptors (Lipinski definition) is 4. The molecular weight excluding hydrogens is 218 g/mol. The van der Waals surface area contributed by atoms with Gasteiger partial charge in [0.1, 0.15) is 0 Å². The maximum atomic E-state index is 11.4. The molecule has 0 amide bonds. The molecule has 0 fully saturated rings. The van der Waals surface area contributed by atoms with Crippen LogP contribution in [0.4, 0.5) is 0 Å². The number of carbonyl (C=O) groups is 1. The summed E-state index contributed by atoms with van der Waals surface area (Å²) in [5, 5.41) is 9.59. The molecule has 0 bridgehead atoms. The molecule has 0 heterocycles. The second-order valence-electron chi connectivity index (χ2n) is 3.06. The van der Waals surface area contributed by atoms with Crippen LogP contribution >= 0.6 is 11.6 Å². The molecule has 0 radical (unpaired) electrons. The average molecular weight is 230 g/mol. The van der Waals surface area contributed by atoms with Crippen LogP contribution in [-0.2, 0) is 0 Å². The third-order valence-corrected chi connectivity index (χ3v) is 2.45. The highest BCUT2D eigenvalue weighted by atomic mass is 35.5. The fourth-order valence-corrected chi connectivity index (χ4v) is 1.68. The number of ketones is 1. The SMILES string of the molecule is COc1cc(C)c(C(=O)CN)c(Cl)c1O. The number of Topliss-reactive ketones (excluding diaryl/α,β-unsaturated/α-hetero) is 1. The number of phenolic OH excluding ortho intramolecular Hbond substituents is 1. The predicted molar refractivity (Wildman–Crippen MR) is 57.8 cm³/mol. The topological polar surface area (TPSA) is 72.5 Å². The molecular formula is C10H12ClNO3. The number of benzene rings is 1. The molecule has 0 aliphatic rings. The Labute approximate surface area is 92.6 Å². The zero-order chi connectivity index (χ0) is 11.6. The van der Waals surface area contributed by atoms with E-state index >= 15 is 0 Å². The van der Waals surface area contributed by atoms with E-state index in [0.717, 1.165) is 0 Å². The summed E-state index contributed by atoms with van der Waals surface area (Å²) in [7, 11) is 1.41. The maximum Gasteiger partial charge on any atom is 0.178 e. The van der Waals surface area contributed by atoms with Gasteiger partial charge in [-0.05, 0) is 18.6 Å². The van der Waals surface area contributed by atoms with E-state index in [1.165, 1.54) is 7.11 Å². The summed E-state index contributed by atoms with van der Waals surface area (Å²) in [5.74, 6) is -0.303. The highest BCUT2D eigenvalue weighted by Gasteiger charge is 2.18. The van der Waals surface area contributed by atoms with Gasteiger partial charge in [0.15, 0.2) is 17.3 Å². The lowest BCUT2D eigenvalue weighted by Crippen LogP contribution is -2.15. The van der Waals surface area contributed by atoms with E-state index in [4.69, 9.17) is 22.1 Å². The number of ether oxygens (including phenoxy) is 1. The second-order valence-corrected chi connectivity index (χ2v) is 3.44. The summed E-state index contributed by atoms with van der Waals surface area (Å²) in [5.41, 5.74) is 6.12. The smallest absolute Gasteiger partial charge is 0.178 e. The molecule has 0 atom stereocenters. The first-order chi connectivity index (χ1) is 7.02. The van der Waals surface area contributed by atoms with Crippen molar-refractivity contribution in [2.45, 2.75) is 6.92 Å². The van der Waals surface area contributed by atoms with E-state index < -0.39 is 0 Å². The zero-order valence-corrected chi connectivity index (χ0v) is 9.26. The third-order valence-electron chi connectivity index (χ3n) is 2.09. The van der Waals surface area contributed by atoms with Crippen molar-refractivity contribution < 1.29 is 14.6 Å². The highest BCUT2D eigenvalue weighted by Crippen LogP contribution is 2.38. The third kappa shape index (κ3) is 2.06. The van der Waals surface area contributed by atoms with Crippen molar-refractivity contribution in [1.29, 1.82) is 0 Å². The van der Waals surface area contributed by atoms with Gasteiger partial charge in [0.05, 0.1) is 18.7 Å². The molecule has 4 nitrogen and oxygen atoms in total. The van der Waals surface area contributed by atoms with Crippen LogP contribution in [0.15, 0.2) is 6.07 Å². The Bertz CT molecular complexity index is 404. The first-order valence-corrected chi connectivity index (χ1v) is 4.70. The molecule has 5 heteroatoms. The minimum Gasteiger partial charge on any atom is -0.503 e. The van der Waals surface area contributed by atoms with E-state index in [1.54, 1.807) is 13.0 Å². The van der Waals surface area contributed by atoms with Crippen molar-refractivity contribution in [2.75, 3.05) is 13.7 Å². The molecule has 0 aliphatic carbocycles. The number of phenols is 1. The predicted octanol–water partition coefficient (Wildman–Crippen LogP) is 1.50. The molecule has 0 aliphatic heterocycles. The summed E-state index contributed by atoms with van der Waals surface area (Å²) in [6, 6.07) is 1.55. The van der Waals surface area contributed by atoms with E-state index in [2.05, 4.69) is 0 Å². The van der Waals surface area contributed by atoms with Crippen molar-refractivity contribution in [2.24, 2.45) is 5.73 Å². The Hall–Kier alpha value is -1.26. The Morgan fingerprint density at radius 3 is 2.73 bits per heavy atom. The van der Waals surface area contributed by atoms with Gasteiger partial charge < -0.3 is 15.6 Å². The summed E-state index contributed by atoms with van der Waals surface area (Å²) in [4.78, 5) is 11.4. The molecule has 0 unspecified atom stereocenters. The molecule has 1 rings (SSSR count). The number of aryl methyl sites for hydroxylation is 1. The molecule has 0 spiro atoms. The van der Waals surface area contributed by atoms with Crippen LogP contribution in [0.3, 0.4) is 0 Å². The van der Waals surface area contributed by atoms with Crippen LogP contribution in [0.2, 0.25) is 5.02 Å². The minimum absolute atomic E-state index is 0.0118. The molecule has 3 N–H and O–H groups in total. The second kappa shape index (κ2) is 4.51. The summed E-state index contributed by atoms with van der Waals surface area (Å²) in [6.07, 6.45) is 0. The molecule has 0 saturated heterocycles. The van der Waals surface area contributed by atoms with Crippen molar-refractivity contribution in [3.63, 3.8) is 0 Å². The lowest BCUT2D eigenvalue weighted by Gasteiger charge is -2.11. The summed E-state index contributed by atoms with van der Waals surface area (Å²) >= 11 is 5.85. The average Bonchev–Trinajstić information content (AvgIpc) is 2.23. The van der Waals surface area contributed by atoms with Crippen LogP contribution in [-0.4, -0.2) is 24.5 Å². The number of methoxy groups -OCH3 is 1. The van der Waals surface area contributed by atoms with Gasteiger partial charge in [0.25, 0.3) is 0 Å². The van der Waals surface area contributed by atoms with Crippen LogP contribution in [0.5, 0.6) is 11.5 Å². The van der Waals surface area contributed by atoms with Gasteiger partial charge in [-0.25, -0.2) is 0 Å². The number of aromatic hydroxyl groups is 1. The van der Waals surface area contributed by atoms with Crippen molar-refractivity contribution in [1.82, 2.24) is 0 Å². The maximum absolute atomic E-state index is 11.4. The van der Waals surface area contributed by atoms with Crippen molar-refractivity contribution >= 4 is 17.4 Å². The van der Waals surface area contributed by atoms with Gasteiger partial charge >= 0.3 is 0 Å². The Balaban J connectivity index is 3.42. The van der Waals surface area contributed by atoms with Gasteiger partial charge in [0.2, 0.25) is 0 Å². The number of nitrogens with two attached hydrogens (primary N) is 1. The number of carbonyl (C=O) groups excluding carboxylic acids is 1. The standard InChI is InChI=1S/C10H12ClNO3/c1-5-3-7(15-2)10(14)9(11)8(5)6(13)4-12/h3,14H,4,12H2,1-2H3. The quantitative estimate of drug-likeness (QED) is 0.771. The van der Waals surface area contributed by atoms with Crippen LogP contribution in [0.25, 0.3) is 0 Å². The van der Waals surface area contributed by atoms with E-state index in [9.17, 15) is 9.90 Å². The van der Waals surface area contributed by atoms with E-state index in [0.29, 0.717) is 5.56 Å². The summed E-state index contributed by atoms with van der Waals surface area (Å²) < 4.78 is 4.90. The zero-order valence-electron chi connectivity index (χ0n) is 8.50. The van der Waals surface area contributed by atoms with Crippen molar-refractivity contribution in [3.8, 4) is 11.5 Å². The van der Waals surface area contributed by atoms with Crippen LogP contribution < -0.4 is 10.5 Å². The highest BCUT2D eigenvalue weighted by molar-refractivity contribution is 6.36. The molecule has 0 aromatic heterocycles. The molecule has 82 valence electrons. The first kappa shape index (κ1) is 11.8. The van der Waals surface area contributed by atoms with Crippen molar-refractivity contribution in [3.05, 3.63) is 22.2 Å². The largest absolute Gasteiger partial charge is 0.503 e. The first-order valence-electron chi connectivity index (χ1n) is 4.32. The van der Waals surface area contributed by atoms with Gasteiger partial charge in [-0.3, -0.25) is 4.79 Å². The Morgan fingerprint density at radius 2 is 2.27 bits per heavy atom. The molecule has 0 saturated carbocycles. The van der Waals surface area contributed by atoms with E-state index in [-0.39, 0.29) is 34.4 Å². The van der Waals surface area contributed by atoms with E-state index in [1.807, 2.05) is 0 Å². The molecule has 1 aromatic rings. The summed E-state index contributed by atoms with van der Waals surface area (Å²) in [6.45, 7) is 1.56. The lowest BCUT2D eigenvalue weighted by atomic mass is 10.0. The Kier molecular flexibility index (Phi) is 3.55. The minimum atomic E-state index is -0.310. The fourth-order valence-electron chi connectivity index (χ4n) is 1.34. The number of halogens is 1. The number of hydrogen-bond donors (Lipinski definition) is 2. The van der Waals surface area contributed by atoms with Gasteiger partial charge in [0, 0.05) is 5.56 Å². The normalized spacial score (nSPS) is 10.1.